The molecule has 1 unspecified atom stereocenters. The molecule has 18 heavy (non-hydrogen) atoms. The Labute approximate surface area is 116 Å². The predicted molar refractivity (Wildman–Crippen MR) is 79.4 cm³/mol. The molecule has 0 spiro atoms. The van der Waals surface area contributed by atoms with Crippen LogP contribution in [-0.2, 0) is 4.74 Å². The van der Waals surface area contributed by atoms with Gasteiger partial charge in [0.25, 0.3) is 0 Å². The van der Waals surface area contributed by atoms with E-state index in [4.69, 9.17) is 4.74 Å². The molecule has 1 atom stereocenters. The van der Waals surface area contributed by atoms with E-state index in [1.165, 1.54) is 45.3 Å². The number of piperidine rings is 1. The second-order valence-corrected chi connectivity index (χ2v) is 7.04. The van der Waals surface area contributed by atoms with Crippen LogP contribution in [-0.4, -0.2) is 62.8 Å². The summed E-state index contributed by atoms with van der Waals surface area (Å²) in [6.07, 6.45) is 7.51. The van der Waals surface area contributed by atoms with E-state index in [1.54, 1.807) is 0 Å². The van der Waals surface area contributed by atoms with Crippen molar-refractivity contribution in [3.05, 3.63) is 0 Å². The summed E-state index contributed by atoms with van der Waals surface area (Å²) in [7, 11) is 2.07. The van der Waals surface area contributed by atoms with Crippen LogP contribution in [0.2, 0.25) is 0 Å². The highest BCUT2D eigenvalue weighted by molar-refractivity contribution is 7.99. The number of nitrogens with zero attached hydrogens (tertiary/aromatic N) is 1. The van der Waals surface area contributed by atoms with Gasteiger partial charge in [-0.25, -0.2) is 0 Å². The molecule has 0 aromatic heterocycles. The third kappa shape index (κ3) is 3.86. The minimum Gasteiger partial charge on any atom is -0.381 e. The average Bonchev–Trinajstić information content (AvgIpc) is 2.41. The van der Waals surface area contributed by atoms with Crippen LogP contribution in [0.3, 0.4) is 0 Å². The second-order valence-electron chi connectivity index (χ2n) is 5.90. The van der Waals surface area contributed by atoms with Crippen LogP contribution in [0.5, 0.6) is 0 Å². The zero-order valence-corrected chi connectivity index (χ0v) is 12.7. The van der Waals surface area contributed by atoms with Crippen molar-refractivity contribution in [1.82, 2.24) is 10.2 Å². The van der Waals surface area contributed by atoms with Gasteiger partial charge >= 0.3 is 0 Å². The van der Waals surface area contributed by atoms with Gasteiger partial charge in [-0.3, -0.25) is 0 Å². The molecule has 0 radical (unpaired) electrons. The van der Waals surface area contributed by atoms with E-state index in [2.05, 4.69) is 23.5 Å². The summed E-state index contributed by atoms with van der Waals surface area (Å²) in [6, 6.07) is 0. The van der Waals surface area contributed by atoms with Gasteiger partial charge in [0.05, 0.1) is 6.61 Å². The first-order valence-corrected chi connectivity index (χ1v) is 8.54. The van der Waals surface area contributed by atoms with Crippen LogP contribution in [0.15, 0.2) is 0 Å². The number of thioether (sulfide) groups is 1. The standard InChI is InChI=1S/C14H28N2OS/c1-15-10-14(6-3-9-17-12-14)11-16-7-4-13(18-2)5-8-16/h13,15H,3-12H2,1-2H3. The van der Waals surface area contributed by atoms with Crippen LogP contribution < -0.4 is 5.32 Å². The van der Waals surface area contributed by atoms with Gasteiger partial charge in [-0.05, 0) is 52.1 Å². The Balaban J connectivity index is 1.85. The topological polar surface area (TPSA) is 24.5 Å². The molecule has 2 saturated heterocycles. The molecule has 3 nitrogen and oxygen atoms in total. The molecule has 0 saturated carbocycles. The Bertz CT molecular complexity index is 230. The molecule has 0 aromatic rings. The first-order valence-electron chi connectivity index (χ1n) is 7.25. The lowest BCUT2D eigenvalue weighted by atomic mass is 9.81. The van der Waals surface area contributed by atoms with Gasteiger partial charge in [-0.1, -0.05) is 0 Å². The molecule has 4 heteroatoms. The van der Waals surface area contributed by atoms with Crippen LogP contribution >= 0.6 is 11.8 Å². The fourth-order valence-electron chi connectivity index (χ4n) is 3.38. The quantitative estimate of drug-likeness (QED) is 0.825. The molecule has 2 rings (SSSR count). The number of rotatable bonds is 5. The molecule has 0 aromatic carbocycles. The fourth-order valence-corrected chi connectivity index (χ4v) is 4.06. The molecule has 1 N–H and O–H groups in total. The Morgan fingerprint density at radius 3 is 2.72 bits per heavy atom. The van der Waals surface area contributed by atoms with Crippen LogP contribution in [0.25, 0.3) is 0 Å². The maximum atomic E-state index is 5.75. The summed E-state index contributed by atoms with van der Waals surface area (Å²) in [5, 5.41) is 4.27. The van der Waals surface area contributed by atoms with Gasteiger partial charge in [0.2, 0.25) is 0 Å². The highest BCUT2D eigenvalue weighted by Crippen LogP contribution is 2.31. The van der Waals surface area contributed by atoms with Crippen LogP contribution in [0, 0.1) is 5.41 Å². The average molecular weight is 272 g/mol. The molecule has 2 heterocycles. The van der Waals surface area contributed by atoms with Gasteiger partial charge in [0.1, 0.15) is 0 Å². The molecule has 0 aliphatic carbocycles. The summed E-state index contributed by atoms with van der Waals surface area (Å²) in [4.78, 5) is 2.67. The number of nitrogens with one attached hydrogen (secondary N) is 1. The van der Waals surface area contributed by atoms with Gasteiger partial charge < -0.3 is 15.0 Å². The molecule has 106 valence electrons. The van der Waals surface area contributed by atoms with E-state index >= 15 is 0 Å². The number of hydrogen-bond acceptors (Lipinski definition) is 4. The van der Waals surface area contributed by atoms with E-state index in [1.807, 2.05) is 11.8 Å². The van der Waals surface area contributed by atoms with Gasteiger partial charge in [-0.2, -0.15) is 11.8 Å². The van der Waals surface area contributed by atoms with Crippen molar-refractivity contribution in [1.29, 1.82) is 0 Å². The van der Waals surface area contributed by atoms with Crippen molar-refractivity contribution in [2.24, 2.45) is 5.41 Å². The Hall–Kier alpha value is 0.230. The molecule has 2 aliphatic heterocycles. The molecule has 0 amide bonds. The fraction of sp³-hybridized carbons (Fsp3) is 1.00. The lowest BCUT2D eigenvalue weighted by Crippen LogP contribution is -2.50. The van der Waals surface area contributed by atoms with E-state index < -0.39 is 0 Å². The van der Waals surface area contributed by atoms with E-state index in [9.17, 15) is 0 Å². The lowest BCUT2D eigenvalue weighted by Gasteiger charge is -2.42. The highest BCUT2D eigenvalue weighted by Gasteiger charge is 2.35. The number of likely N-dealkylation sites (tertiary alicyclic amines) is 1. The van der Waals surface area contributed by atoms with Crippen molar-refractivity contribution in [2.75, 3.05) is 52.7 Å². The molecule has 2 aliphatic rings. The Morgan fingerprint density at radius 2 is 2.17 bits per heavy atom. The molecular weight excluding hydrogens is 244 g/mol. The summed E-state index contributed by atoms with van der Waals surface area (Å²) < 4.78 is 5.75. The largest absolute Gasteiger partial charge is 0.381 e. The third-order valence-corrected chi connectivity index (χ3v) is 5.52. The van der Waals surface area contributed by atoms with Crippen molar-refractivity contribution in [3.8, 4) is 0 Å². The van der Waals surface area contributed by atoms with Crippen molar-refractivity contribution >= 4 is 11.8 Å². The van der Waals surface area contributed by atoms with Gasteiger partial charge in [0.15, 0.2) is 0 Å². The smallest absolute Gasteiger partial charge is 0.0546 e. The maximum absolute atomic E-state index is 5.75. The number of hydrogen-bond donors (Lipinski definition) is 1. The monoisotopic (exact) mass is 272 g/mol. The van der Waals surface area contributed by atoms with Crippen molar-refractivity contribution < 1.29 is 4.74 Å². The summed E-state index contributed by atoms with van der Waals surface area (Å²) in [5.74, 6) is 0. The Kier molecular flexibility index (Phi) is 5.80. The first kappa shape index (κ1) is 14.6. The molecular formula is C14H28N2OS. The lowest BCUT2D eigenvalue weighted by molar-refractivity contribution is -0.0275. The summed E-state index contributed by atoms with van der Waals surface area (Å²) in [5.41, 5.74) is 0.360. The predicted octanol–water partition coefficient (Wildman–Crippen LogP) is 1.83. The highest BCUT2D eigenvalue weighted by atomic mass is 32.2. The van der Waals surface area contributed by atoms with E-state index in [-0.39, 0.29) is 0 Å². The third-order valence-electron chi connectivity index (χ3n) is 4.38. The van der Waals surface area contributed by atoms with Crippen LogP contribution in [0.4, 0.5) is 0 Å². The Morgan fingerprint density at radius 1 is 1.39 bits per heavy atom. The minimum absolute atomic E-state index is 0.360. The van der Waals surface area contributed by atoms with Crippen molar-refractivity contribution in [2.45, 2.75) is 30.9 Å². The van der Waals surface area contributed by atoms with Gasteiger partial charge in [-0.15, -0.1) is 0 Å². The summed E-state index contributed by atoms with van der Waals surface area (Å²) in [6.45, 7) is 6.76. The van der Waals surface area contributed by atoms with Crippen LogP contribution in [0.1, 0.15) is 25.7 Å². The van der Waals surface area contributed by atoms with Crippen molar-refractivity contribution in [3.63, 3.8) is 0 Å². The maximum Gasteiger partial charge on any atom is 0.0546 e. The summed E-state index contributed by atoms with van der Waals surface area (Å²) >= 11 is 2.04. The minimum atomic E-state index is 0.360. The zero-order chi connectivity index (χ0) is 12.8. The normalized spacial score (nSPS) is 31.7. The zero-order valence-electron chi connectivity index (χ0n) is 11.9. The number of ether oxygens (including phenoxy) is 1. The van der Waals surface area contributed by atoms with Gasteiger partial charge in [0, 0.05) is 30.4 Å². The molecule has 0 bridgehead atoms. The second kappa shape index (κ2) is 7.13. The molecule has 2 fully saturated rings. The SMILES string of the molecule is CNCC1(CN2CCC(SC)CC2)CCCOC1. The van der Waals surface area contributed by atoms with E-state index in [0.717, 1.165) is 25.0 Å². The first-order chi connectivity index (χ1) is 8.78. The van der Waals surface area contributed by atoms with E-state index in [0.29, 0.717) is 5.41 Å².